The van der Waals surface area contributed by atoms with E-state index in [1.54, 1.807) is 18.4 Å². The maximum atomic E-state index is 6.12. The van der Waals surface area contributed by atoms with Crippen molar-refractivity contribution in [2.75, 3.05) is 32.7 Å². The van der Waals surface area contributed by atoms with Crippen molar-refractivity contribution in [3.8, 4) is 0 Å². The second-order valence-electron chi connectivity index (χ2n) is 4.92. The lowest BCUT2D eigenvalue weighted by atomic mass is 10.2. The van der Waals surface area contributed by atoms with Gasteiger partial charge in [0, 0.05) is 18.4 Å². The third kappa shape index (κ3) is 2.63. The summed E-state index contributed by atoms with van der Waals surface area (Å²) in [6.07, 6.45) is 4.19. The molecule has 0 aromatic carbocycles. The summed E-state index contributed by atoms with van der Waals surface area (Å²) in [5, 5.41) is 1.09. The summed E-state index contributed by atoms with van der Waals surface area (Å²) in [5.74, 6) is 1.40. The monoisotopic (exact) mass is 293 g/mol. The minimum absolute atomic E-state index is 0.597. The van der Waals surface area contributed by atoms with Gasteiger partial charge in [-0.05, 0) is 24.8 Å². The number of fused-ring (bicyclic) bond motifs is 3. The first-order valence-electron chi connectivity index (χ1n) is 6.93. The van der Waals surface area contributed by atoms with E-state index in [4.69, 9.17) is 15.2 Å². The molecule has 20 heavy (non-hydrogen) atoms. The third-order valence-corrected chi connectivity index (χ3v) is 4.73. The zero-order valence-corrected chi connectivity index (χ0v) is 12.5. The van der Waals surface area contributed by atoms with Crippen LogP contribution in [-0.2, 0) is 28.7 Å². The Labute approximate surface area is 122 Å². The van der Waals surface area contributed by atoms with Gasteiger partial charge in [0.05, 0.1) is 25.2 Å². The second-order valence-corrected chi connectivity index (χ2v) is 6.00. The molecule has 3 rings (SSSR count). The molecule has 5 nitrogen and oxygen atoms in total. The number of aryl methyl sites for hydroxylation is 2. The molecule has 2 N–H and O–H groups in total. The Hall–Kier alpha value is -1.24. The number of thiophene rings is 1. The van der Waals surface area contributed by atoms with Crippen molar-refractivity contribution in [3.05, 3.63) is 16.3 Å². The predicted molar refractivity (Wildman–Crippen MR) is 80.3 cm³/mol. The summed E-state index contributed by atoms with van der Waals surface area (Å²) in [6.45, 7) is 1.81. The van der Waals surface area contributed by atoms with Gasteiger partial charge in [-0.15, -0.1) is 11.3 Å². The molecule has 2 heterocycles. The van der Waals surface area contributed by atoms with Gasteiger partial charge in [0.2, 0.25) is 0 Å². The van der Waals surface area contributed by atoms with E-state index >= 15 is 0 Å². The highest BCUT2D eigenvalue weighted by Gasteiger charge is 2.21. The quantitative estimate of drug-likeness (QED) is 0.825. The Morgan fingerprint density at radius 3 is 2.95 bits per heavy atom. The van der Waals surface area contributed by atoms with Crippen LogP contribution in [0, 0.1) is 0 Å². The zero-order valence-electron chi connectivity index (χ0n) is 11.6. The van der Waals surface area contributed by atoms with Gasteiger partial charge in [-0.1, -0.05) is 0 Å². The van der Waals surface area contributed by atoms with Gasteiger partial charge in [-0.2, -0.15) is 0 Å². The number of rotatable bonds is 6. The normalized spacial score (nSPS) is 14.1. The van der Waals surface area contributed by atoms with E-state index in [2.05, 4.69) is 9.97 Å². The largest absolute Gasteiger partial charge is 0.383 e. The van der Waals surface area contributed by atoms with E-state index in [-0.39, 0.29) is 0 Å². The third-order valence-electron chi connectivity index (χ3n) is 3.54. The number of nitrogen functional groups attached to an aromatic ring is 1. The highest BCUT2D eigenvalue weighted by molar-refractivity contribution is 7.19. The van der Waals surface area contributed by atoms with Crippen molar-refractivity contribution in [1.29, 1.82) is 0 Å². The molecule has 0 aliphatic heterocycles. The van der Waals surface area contributed by atoms with Gasteiger partial charge in [-0.3, -0.25) is 0 Å². The van der Waals surface area contributed by atoms with Crippen LogP contribution in [0.2, 0.25) is 0 Å². The van der Waals surface area contributed by atoms with Crippen LogP contribution in [0.3, 0.4) is 0 Å². The van der Waals surface area contributed by atoms with Crippen molar-refractivity contribution in [2.24, 2.45) is 0 Å². The first-order valence-corrected chi connectivity index (χ1v) is 7.74. The van der Waals surface area contributed by atoms with Crippen LogP contribution in [0.5, 0.6) is 0 Å². The van der Waals surface area contributed by atoms with E-state index in [1.165, 1.54) is 16.9 Å². The maximum Gasteiger partial charge on any atom is 0.136 e. The van der Waals surface area contributed by atoms with Crippen LogP contribution < -0.4 is 5.73 Å². The Balaban J connectivity index is 1.74. The van der Waals surface area contributed by atoms with E-state index in [1.807, 2.05) is 0 Å². The molecule has 0 radical (unpaired) electrons. The summed E-state index contributed by atoms with van der Waals surface area (Å²) in [6, 6.07) is 0. The molecule has 6 heteroatoms. The molecule has 0 fully saturated rings. The van der Waals surface area contributed by atoms with Gasteiger partial charge < -0.3 is 15.2 Å². The molecule has 0 atom stereocenters. The van der Waals surface area contributed by atoms with Crippen molar-refractivity contribution >= 4 is 27.4 Å². The smallest absolute Gasteiger partial charge is 0.136 e. The SMILES string of the molecule is COCCOCCc1nc(N)c2c3c(sc2n1)CCC3. The molecule has 2 aromatic heterocycles. The highest BCUT2D eigenvalue weighted by Crippen LogP contribution is 2.38. The summed E-state index contributed by atoms with van der Waals surface area (Å²) in [4.78, 5) is 11.5. The van der Waals surface area contributed by atoms with Crippen LogP contribution in [0.15, 0.2) is 0 Å². The Kier molecular flexibility index (Phi) is 4.14. The summed E-state index contributed by atoms with van der Waals surface area (Å²) in [7, 11) is 1.66. The van der Waals surface area contributed by atoms with Gasteiger partial charge >= 0.3 is 0 Å². The summed E-state index contributed by atoms with van der Waals surface area (Å²) >= 11 is 1.77. The Morgan fingerprint density at radius 2 is 2.10 bits per heavy atom. The van der Waals surface area contributed by atoms with Crippen LogP contribution in [0.4, 0.5) is 5.82 Å². The molecule has 0 amide bonds. The molecular formula is C14H19N3O2S. The lowest BCUT2D eigenvalue weighted by molar-refractivity contribution is 0.0717. The van der Waals surface area contributed by atoms with Crippen LogP contribution >= 0.6 is 11.3 Å². The fourth-order valence-electron chi connectivity index (χ4n) is 2.59. The van der Waals surface area contributed by atoms with Gasteiger partial charge in [0.15, 0.2) is 0 Å². The minimum atomic E-state index is 0.597. The molecule has 0 saturated carbocycles. The van der Waals surface area contributed by atoms with Crippen molar-refractivity contribution < 1.29 is 9.47 Å². The first-order chi connectivity index (χ1) is 9.79. The molecule has 108 valence electrons. The van der Waals surface area contributed by atoms with Crippen LogP contribution in [-0.4, -0.2) is 36.9 Å². The molecule has 0 saturated heterocycles. The number of hydrogen-bond donors (Lipinski definition) is 1. The topological polar surface area (TPSA) is 70.3 Å². The fourth-order valence-corrected chi connectivity index (χ4v) is 3.88. The lowest BCUT2D eigenvalue weighted by Gasteiger charge is -2.05. The minimum Gasteiger partial charge on any atom is -0.383 e. The number of nitrogens with zero attached hydrogens (tertiary/aromatic N) is 2. The molecule has 0 unspecified atom stereocenters. The van der Waals surface area contributed by atoms with Gasteiger partial charge in [0.1, 0.15) is 16.5 Å². The average Bonchev–Trinajstić information content (AvgIpc) is 2.98. The summed E-state index contributed by atoms with van der Waals surface area (Å²) < 4.78 is 10.4. The number of aromatic nitrogens is 2. The number of ether oxygens (including phenoxy) is 2. The molecule has 2 aromatic rings. The number of anilines is 1. The standard InChI is InChI=1S/C14H19N3O2S/c1-18-7-8-19-6-5-11-16-13(15)12-9-3-2-4-10(9)20-14(12)17-11/h2-8H2,1H3,(H2,15,16,17). The lowest BCUT2D eigenvalue weighted by Crippen LogP contribution is -2.08. The van der Waals surface area contributed by atoms with Crippen LogP contribution in [0.25, 0.3) is 10.2 Å². The first kappa shape index (κ1) is 13.7. The maximum absolute atomic E-state index is 6.12. The average molecular weight is 293 g/mol. The number of methoxy groups -OCH3 is 1. The molecular weight excluding hydrogens is 274 g/mol. The zero-order chi connectivity index (χ0) is 13.9. The van der Waals surface area contributed by atoms with Gasteiger partial charge in [0.25, 0.3) is 0 Å². The molecule has 1 aliphatic carbocycles. The fraction of sp³-hybridized carbons (Fsp3) is 0.571. The summed E-state index contributed by atoms with van der Waals surface area (Å²) in [5.41, 5.74) is 7.50. The van der Waals surface area contributed by atoms with E-state index in [0.717, 1.165) is 28.9 Å². The Morgan fingerprint density at radius 1 is 1.20 bits per heavy atom. The van der Waals surface area contributed by atoms with Crippen molar-refractivity contribution in [3.63, 3.8) is 0 Å². The predicted octanol–water partition coefficient (Wildman–Crippen LogP) is 1.97. The highest BCUT2D eigenvalue weighted by atomic mass is 32.1. The Bertz CT molecular complexity index is 612. The van der Waals surface area contributed by atoms with Gasteiger partial charge in [-0.25, -0.2) is 9.97 Å². The molecule has 0 spiro atoms. The van der Waals surface area contributed by atoms with E-state index < -0.39 is 0 Å². The molecule has 0 bridgehead atoms. The van der Waals surface area contributed by atoms with Crippen molar-refractivity contribution in [1.82, 2.24) is 9.97 Å². The number of nitrogens with two attached hydrogens (primary N) is 1. The van der Waals surface area contributed by atoms with Crippen molar-refractivity contribution in [2.45, 2.75) is 25.7 Å². The second kappa shape index (κ2) is 6.03. The molecule has 1 aliphatic rings. The van der Waals surface area contributed by atoms with E-state index in [9.17, 15) is 0 Å². The van der Waals surface area contributed by atoms with E-state index in [0.29, 0.717) is 32.1 Å². The number of hydrogen-bond acceptors (Lipinski definition) is 6. The van der Waals surface area contributed by atoms with Crippen LogP contribution in [0.1, 0.15) is 22.7 Å².